The molecule has 0 saturated carbocycles. The Kier molecular flexibility index (Phi) is 7.51. The van der Waals surface area contributed by atoms with Gasteiger partial charge < -0.3 is 9.47 Å². The van der Waals surface area contributed by atoms with Gasteiger partial charge in [0.1, 0.15) is 0 Å². The van der Waals surface area contributed by atoms with Crippen molar-refractivity contribution in [2.24, 2.45) is 0 Å². The lowest BCUT2D eigenvalue weighted by atomic mass is 9.65. The molecule has 64 heavy (non-hydrogen) atoms. The van der Waals surface area contributed by atoms with Crippen molar-refractivity contribution in [3.8, 4) is 39.1 Å². The Hall–Kier alpha value is -7.98. The topological polar surface area (TPSA) is 8.17 Å². The minimum Gasteiger partial charge on any atom is -0.310 e. The number of aromatic nitrogens is 1. The molecule has 0 bridgehead atoms. The molecule has 2 nitrogen and oxygen atoms in total. The van der Waals surface area contributed by atoms with E-state index in [9.17, 15) is 0 Å². The summed E-state index contributed by atoms with van der Waals surface area (Å²) in [5, 5.41) is 5.23. The predicted octanol–water partition coefficient (Wildman–Crippen LogP) is 16.6. The molecule has 1 aliphatic carbocycles. The van der Waals surface area contributed by atoms with E-state index in [1.807, 2.05) is 11.3 Å². The number of rotatable bonds is 5. The number of nitrogens with zero attached hydrogens (tertiary/aromatic N) is 2. The number of fused-ring (bicyclic) bond motifs is 15. The first-order valence-electron chi connectivity index (χ1n) is 22.1. The zero-order valence-corrected chi connectivity index (χ0v) is 35.6. The van der Waals surface area contributed by atoms with Crippen molar-refractivity contribution >= 4 is 70.4 Å². The van der Waals surface area contributed by atoms with Crippen LogP contribution in [0.15, 0.2) is 231 Å². The maximum atomic E-state index is 2.51. The quantitative estimate of drug-likeness (QED) is 0.168. The van der Waals surface area contributed by atoms with Gasteiger partial charge in [-0.1, -0.05) is 158 Å². The number of thiophene rings is 1. The summed E-state index contributed by atoms with van der Waals surface area (Å²) in [4.78, 5) is 2.37. The molecule has 298 valence electrons. The second-order valence-corrected chi connectivity index (χ2v) is 18.3. The Labute approximate surface area is 375 Å². The first-order chi connectivity index (χ1) is 31.7. The SMILES string of the molecule is c1ccc(N(c2ccc(-c3ccc4sc5ccccc5c4c3)cc2)c2cccc(-c3ccc4c(c3)-c3ccccc3C43c4ccccc4-n4c5ccccc5c5cccc3c54)c2)cc1. The van der Waals surface area contributed by atoms with Gasteiger partial charge in [0.2, 0.25) is 0 Å². The molecule has 3 heteroatoms. The van der Waals surface area contributed by atoms with Crippen LogP contribution in [0.25, 0.3) is 81.0 Å². The fourth-order valence-electron chi connectivity index (χ4n) is 11.3. The Morgan fingerprint density at radius 3 is 1.86 bits per heavy atom. The highest BCUT2D eigenvalue weighted by Gasteiger charge is 2.50. The molecule has 14 rings (SSSR count). The molecule has 2 aromatic heterocycles. The van der Waals surface area contributed by atoms with Crippen LogP contribution in [0.2, 0.25) is 0 Å². The molecule has 0 amide bonds. The van der Waals surface area contributed by atoms with Crippen molar-refractivity contribution < 1.29 is 0 Å². The lowest BCUT2D eigenvalue weighted by Crippen LogP contribution is -2.33. The number of anilines is 3. The molecule has 1 unspecified atom stereocenters. The normalized spacial score (nSPS) is 14.6. The zero-order chi connectivity index (χ0) is 41.9. The smallest absolute Gasteiger partial charge is 0.0754 e. The highest BCUT2D eigenvalue weighted by atomic mass is 32.1. The Morgan fingerprint density at radius 1 is 0.344 bits per heavy atom. The van der Waals surface area contributed by atoms with Crippen LogP contribution >= 0.6 is 11.3 Å². The largest absolute Gasteiger partial charge is 0.310 e. The average Bonchev–Trinajstić information content (AvgIpc) is 4.01. The van der Waals surface area contributed by atoms with Crippen molar-refractivity contribution in [1.29, 1.82) is 0 Å². The minimum atomic E-state index is -0.466. The van der Waals surface area contributed by atoms with E-state index in [-0.39, 0.29) is 0 Å². The minimum absolute atomic E-state index is 0.466. The molecular weight excluding hydrogens is 793 g/mol. The van der Waals surface area contributed by atoms with Gasteiger partial charge in [0.15, 0.2) is 0 Å². The van der Waals surface area contributed by atoms with Gasteiger partial charge in [-0.05, 0) is 128 Å². The number of benzene rings is 10. The van der Waals surface area contributed by atoms with Crippen molar-refractivity contribution in [3.63, 3.8) is 0 Å². The first-order valence-corrected chi connectivity index (χ1v) is 22.9. The van der Waals surface area contributed by atoms with Gasteiger partial charge >= 0.3 is 0 Å². The van der Waals surface area contributed by atoms with Crippen LogP contribution in [0.5, 0.6) is 0 Å². The summed E-state index contributed by atoms with van der Waals surface area (Å²) in [5.41, 5.74) is 19.4. The standard InChI is InChI=1S/C61H38N2S/c1-2-15-43(16-3-1)62(44-32-28-39(29-33-44)41-31-35-59-51(38-41)48-20-6-11-27-58(48)64-59)45-17-12-14-40(36-45)42-30-34-53-50(37-42)46-18-4-7-22-52(46)61(53)54-23-8-10-26-57(54)63-56-25-9-5-19-47(56)49-21-13-24-55(61)60(49)63/h1-38H. The summed E-state index contributed by atoms with van der Waals surface area (Å²) in [6.45, 7) is 0. The van der Waals surface area contributed by atoms with E-state index in [0.29, 0.717) is 0 Å². The molecule has 0 N–H and O–H groups in total. The van der Waals surface area contributed by atoms with Crippen LogP contribution < -0.4 is 4.90 Å². The maximum absolute atomic E-state index is 2.51. The Morgan fingerprint density at radius 2 is 0.953 bits per heavy atom. The van der Waals surface area contributed by atoms with Crippen molar-refractivity contribution in [2.45, 2.75) is 5.41 Å². The molecular formula is C61H38N2S. The fourth-order valence-corrected chi connectivity index (χ4v) is 12.4. The van der Waals surface area contributed by atoms with Crippen LogP contribution in [0, 0.1) is 0 Å². The molecule has 2 aliphatic rings. The molecule has 10 aromatic carbocycles. The van der Waals surface area contributed by atoms with Crippen molar-refractivity contribution in [3.05, 3.63) is 253 Å². The van der Waals surface area contributed by atoms with E-state index < -0.39 is 5.41 Å². The van der Waals surface area contributed by atoms with Crippen LogP contribution in [-0.4, -0.2) is 4.57 Å². The summed E-state index contributed by atoms with van der Waals surface area (Å²) >= 11 is 1.86. The number of hydrogen-bond donors (Lipinski definition) is 0. The summed E-state index contributed by atoms with van der Waals surface area (Å²) < 4.78 is 5.17. The van der Waals surface area contributed by atoms with Crippen LogP contribution in [0.3, 0.4) is 0 Å². The summed E-state index contributed by atoms with van der Waals surface area (Å²) in [6.07, 6.45) is 0. The van der Waals surface area contributed by atoms with E-state index in [0.717, 1.165) is 17.1 Å². The Balaban J connectivity index is 0.898. The fraction of sp³-hybridized carbons (Fsp3) is 0.0164. The number of para-hydroxylation sites is 4. The van der Waals surface area contributed by atoms with Gasteiger partial charge in [-0.25, -0.2) is 0 Å². The second-order valence-electron chi connectivity index (χ2n) is 17.2. The van der Waals surface area contributed by atoms with Crippen molar-refractivity contribution in [2.75, 3.05) is 4.90 Å². The van der Waals surface area contributed by atoms with E-state index in [2.05, 4.69) is 240 Å². The van der Waals surface area contributed by atoms with E-state index in [4.69, 9.17) is 0 Å². The lowest BCUT2D eigenvalue weighted by molar-refractivity contribution is 0.748. The molecule has 3 heterocycles. The van der Waals surface area contributed by atoms with E-state index in [1.165, 1.54) is 103 Å². The van der Waals surface area contributed by atoms with E-state index in [1.54, 1.807) is 0 Å². The van der Waals surface area contributed by atoms with Gasteiger partial charge in [-0.15, -0.1) is 11.3 Å². The molecule has 1 atom stereocenters. The summed E-state index contributed by atoms with van der Waals surface area (Å²) in [6, 6.07) is 85.7. The summed E-state index contributed by atoms with van der Waals surface area (Å²) in [7, 11) is 0. The van der Waals surface area contributed by atoms with Crippen LogP contribution in [0.1, 0.15) is 22.3 Å². The molecule has 0 fully saturated rings. The van der Waals surface area contributed by atoms with Crippen molar-refractivity contribution in [1.82, 2.24) is 4.57 Å². The average molecular weight is 831 g/mol. The van der Waals surface area contributed by atoms with Gasteiger partial charge in [0.05, 0.1) is 22.1 Å². The van der Waals surface area contributed by atoms with Gasteiger partial charge in [0, 0.05) is 48.0 Å². The maximum Gasteiger partial charge on any atom is 0.0754 e. The first kappa shape index (κ1) is 35.6. The molecule has 0 radical (unpaired) electrons. The van der Waals surface area contributed by atoms with Gasteiger partial charge in [0.25, 0.3) is 0 Å². The number of hydrogen-bond acceptors (Lipinski definition) is 2. The Bertz CT molecular complexity index is 3860. The predicted molar refractivity (Wildman–Crippen MR) is 270 cm³/mol. The highest BCUT2D eigenvalue weighted by molar-refractivity contribution is 7.25. The molecule has 1 spiro atoms. The third-order valence-electron chi connectivity index (χ3n) is 14.0. The van der Waals surface area contributed by atoms with Crippen LogP contribution in [0.4, 0.5) is 17.1 Å². The molecule has 0 saturated heterocycles. The lowest BCUT2D eigenvalue weighted by Gasteiger charge is -2.39. The second kappa shape index (κ2) is 13.5. The van der Waals surface area contributed by atoms with Crippen LogP contribution in [-0.2, 0) is 5.41 Å². The highest BCUT2D eigenvalue weighted by Crippen LogP contribution is 2.61. The van der Waals surface area contributed by atoms with E-state index >= 15 is 0 Å². The zero-order valence-electron chi connectivity index (χ0n) is 34.7. The third-order valence-corrected chi connectivity index (χ3v) is 15.1. The monoisotopic (exact) mass is 830 g/mol. The molecule has 12 aromatic rings. The summed E-state index contributed by atoms with van der Waals surface area (Å²) in [5.74, 6) is 0. The van der Waals surface area contributed by atoms with Gasteiger partial charge in [-0.2, -0.15) is 0 Å². The molecule has 1 aliphatic heterocycles. The third kappa shape index (κ3) is 4.90. The van der Waals surface area contributed by atoms with Gasteiger partial charge in [-0.3, -0.25) is 0 Å².